The fourth-order valence-corrected chi connectivity index (χ4v) is 3.34. The first-order chi connectivity index (χ1) is 11.9. The SMILES string of the molecule is CCNC(=O)[C@H]1O[C@@H](n2cnc3c(N)ncnc32)C2OC(C)(C)OC21. The summed E-state index contributed by atoms with van der Waals surface area (Å²) in [4.78, 5) is 24.8. The Kier molecular flexibility index (Phi) is 3.63. The van der Waals surface area contributed by atoms with Crippen LogP contribution in [0.5, 0.6) is 0 Å². The number of anilines is 1. The predicted molar refractivity (Wildman–Crippen MR) is 86.2 cm³/mol. The molecule has 2 unspecified atom stereocenters. The Balaban J connectivity index is 1.73. The summed E-state index contributed by atoms with van der Waals surface area (Å²) in [6, 6.07) is 0. The molecule has 0 aromatic carbocycles. The molecule has 2 fully saturated rings. The zero-order chi connectivity index (χ0) is 17.8. The Morgan fingerprint density at radius 3 is 2.84 bits per heavy atom. The summed E-state index contributed by atoms with van der Waals surface area (Å²) >= 11 is 0. The van der Waals surface area contributed by atoms with Crippen molar-refractivity contribution in [3.05, 3.63) is 12.7 Å². The monoisotopic (exact) mass is 348 g/mol. The summed E-state index contributed by atoms with van der Waals surface area (Å²) in [5, 5.41) is 2.77. The lowest BCUT2D eigenvalue weighted by molar-refractivity contribution is -0.197. The predicted octanol–water partition coefficient (Wildman–Crippen LogP) is -0.0379. The van der Waals surface area contributed by atoms with Crippen molar-refractivity contribution in [2.24, 2.45) is 0 Å². The molecule has 2 aromatic rings. The van der Waals surface area contributed by atoms with Crippen LogP contribution in [-0.2, 0) is 19.0 Å². The number of nitrogens with two attached hydrogens (primary N) is 1. The Hall–Kier alpha value is -2.30. The summed E-state index contributed by atoms with van der Waals surface area (Å²) in [7, 11) is 0. The molecule has 10 heteroatoms. The number of aromatic nitrogens is 4. The van der Waals surface area contributed by atoms with E-state index in [0.717, 1.165) is 0 Å². The van der Waals surface area contributed by atoms with E-state index in [4.69, 9.17) is 19.9 Å². The van der Waals surface area contributed by atoms with E-state index >= 15 is 0 Å². The zero-order valence-electron chi connectivity index (χ0n) is 14.2. The number of nitrogen functional groups attached to an aromatic ring is 1. The zero-order valence-corrected chi connectivity index (χ0v) is 14.2. The summed E-state index contributed by atoms with van der Waals surface area (Å²) in [6.07, 6.45) is 0.526. The van der Waals surface area contributed by atoms with E-state index < -0.39 is 30.3 Å². The minimum atomic E-state index is -0.813. The molecule has 134 valence electrons. The number of fused-ring (bicyclic) bond motifs is 2. The second-order valence-corrected chi connectivity index (χ2v) is 6.49. The lowest BCUT2D eigenvalue weighted by Gasteiger charge is -2.24. The quantitative estimate of drug-likeness (QED) is 0.791. The van der Waals surface area contributed by atoms with Gasteiger partial charge in [-0.3, -0.25) is 9.36 Å². The molecule has 1 amide bonds. The van der Waals surface area contributed by atoms with E-state index in [-0.39, 0.29) is 11.7 Å². The number of imidazole rings is 1. The smallest absolute Gasteiger partial charge is 0.252 e. The van der Waals surface area contributed by atoms with E-state index in [2.05, 4.69) is 20.3 Å². The van der Waals surface area contributed by atoms with Crippen LogP contribution in [0.15, 0.2) is 12.7 Å². The third-order valence-corrected chi connectivity index (χ3v) is 4.30. The number of likely N-dealkylation sites (N-methyl/N-ethyl adjacent to an activating group) is 1. The van der Waals surface area contributed by atoms with E-state index in [0.29, 0.717) is 17.7 Å². The highest BCUT2D eigenvalue weighted by Crippen LogP contribution is 2.43. The summed E-state index contributed by atoms with van der Waals surface area (Å²) in [5.74, 6) is -0.769. The molecular weight excluding hydrogens is 328 g/mol. The Labute approximate surface area is 143 Å². The molecule has 25 heavy (non-hydrogen) atoms. The number of ether oxygens (including phenoxy) is 3. The second-order valence-electron chi connectivity index (χ2n) is 6.49. The van der Waals surface area contributed by atoms with Gasteiger partial charge in [-0.1, -0.05) is 0 Å². The van der Waals surface area contributed by atoms with Crippen molar-refractivity contribution in [3.8, 4) is 0 Å². The van der Waals surface area contributed by atoms with Gasteiger partial charge in [0.05, 0.1) is 6.33 Å². The number of hydrogen-bond acceptors (Lipinski definition) is 8. The molecule has 0 aliphatic carbocycles. The summed E-state index contributed by atoms with van der Waals surface area (Å²) in [5.41, 5.74) is 6.83. The molecule has 2 saturated heterocycles. The van der Waals surface area contributed by atoms with Gasteiger partial charge in [-0.05, 0) is 20.8 Å². The van der Waals surface area contributed by atoms with Crippen molar-refractivity contribution < 1.29 is 19.0 Å². The first-order valence-corrected chi connectivity index (χ1v) is 8.13. The van der Waals surface area contributed by atoms with Crippen molar-refractivity contribution in [1.29, 1.82) is 0 Å². The third-order valence-electron chi connectivity index (χ3n) is 4.30. The van der Waals surface area contributed by atoms with Crippen LogP contribution in [0.25, 0.3) is 11.2 Å². The van der Waals surface area contributed by atoms with Crippen molar-refractivity contribution in [3.63, 3.8) is 0 Å². The van der Waals surface area contributed by atoms with Crippen molar-refractivity contribution in [2.45, 2.75) is 51.1 Å². The number of carbonyl (C=O) groups excluding carboxylic acids is 1. The molecule has 2 aliphatic heterocycles. The molecule has 3 N–H and O–H groups in total. The maximum absolute atomic E-state index is 12.4. The molecule has 4 rings (SSSR count). The molecule has 0 spiro atoms. The average molecular weight is 348 g/mol. The lowest BCUT2D eigenvalue weighted by atomic mass is 10.1. The molecule has 0 bridgehead atoms. The molecular formula is C15H20N6O4. The average Bonchev–Trinajstić information content (AvgIpc) is 3.18. The van der Waals surface area contributed by atoms with Gasteiger partial charge in [-0.25, -0.2) is 15.0 Å². The number of hydrogen-bond donors (Lipinski definition) is 2. The van der Waals surface area contributed by atoms with Gasteiger partial charge in [0.15, 0.2) is 29.6 Å². The molecule has 4 atom stereocenters. The fourth-order valence-electron chi connectivity index (χ4n) is 3.34. The maximum atomic E-state index is 12.4. The fraction of sp³-hybridized carbons (Fsp3) is 0.600. The standard InChI is InChI=1S/C15H20N6O4/c1-4-17-13(22)9-8-10(25-15(2,3)24-8)14(23-9)21-6-20-7-11(16)18-5-19-12(7)21/h5-6,8-10,14H,4H2,1-3H3,(H,17,22)(H2,16,18,19)/t8?,9-,10?,14+/m0/s1. The van der Waals surface area contributed by atoms with Crippen molar-refractivity contribution in [2.75, 3.05) is 12.3 Å². The minimum Gasteiger partial charge on any atom is -0.382 e. The summed E-state index contributed by atoms with van der Waals surface area (Å²) < 4.78 is 19.6. The van der Waals surface area contributed by atoms with E-state index in [1.807, 2.05) is 20.8 Å². The van der Waals surface area contributed by atoms with Crippen molar-refractivity contribution >= 4 is 22.9 Å². The Morgan fingerprint density at radius 1 is 1.32 bits per heavy atom. The molecule has 2 aromatic heterocycles. The maximum Gasteiger partial charge on any atom is 0.252 e. The number of nitrogens with one attached hydrogen (secondary N) is 1. The van der Waals surface area contributed by atoms with Crippen LogP contribution in [0.2, 0.25) is 0 Å². The highest BCUT2D eigenvalue weighted by atomic mass is 16.8. The highest BCUT2D eigenvalue weighted by molar-refractivity contribution is 5.82. The van der Waals surface area contributed by atoms with Gasteiger partial charge in [-0.2, -0.15) is 0 Å². The van der Waals surface area contributed by atoms with Crippen LogP contribution < -0.4 is 11.1 Å². The lowest BCUT2D eigenvalue weighted by Crippen LogP contribution is -2.42. The van der Waals surface area contributed by atoms with E-state index in [9.17, 15) is 4.79 Å². The molecule has 4 heterocycles. The summed E-state index contributed by atoms with van der Waals surface area (Å²) in [6.45, 7) is 5.97. The number of nitrogens with zero attached hydrogens (tertiary/aromatic N) is 4. The van der Waals surface area contributed by atoms with E-state index in [1.54, 1.807) is 10.9 Å². The van der Waals surface area contributed by atoms with Gasteiger partial charge < -0.3 is 25.3 Å². The Morgan fingerprint density at radius 2 is 2.08 bits per heavy atom. The first kappa shape index (κ1) is 16.2. The van der Waals surface area contributed by atoms with Crippen LogP contribution >= 0.6 is 0 Å². The number of carbonyl (C=O) groups is 1. The topological polar surface area (TPSA) is 126 Å². The molecule has 0 radical (unpaired) electrons. The van der Waals surface area contributed by atoms with Crippen LogP contribution in [0.3, 0.4) is 0 Å². The van der Waals surface area contributed by atoms with Gasteiger partial charge in [-0.15, -0.1) is 0 Å². The highest BCUT2D eigenvalue weighted by Gasteiger charge is 2.58. The van der Waals surface area contributed by atoms with Gasteiger partial charge in [0.2, 0.25) is 0 Å². The molecule has 2 aliphatic rings. The largest absolute Gasteiger partial charge is 0.382 e. The van der Waals surface area contributed by atoms with Crippen LogP contribution in [-0.4, -0.2) is 56.1 Å². The van der Waals surface area contributed by atoms with Gasteiger partial charge in [0, 0.05) is 6.54 Å². The Bertz CT molecular complexity index is 821. The molecule has 10 nitrogen and oxygen atoms in total. The van der Waals surface area contributed by atoms with Crippen LogP contribution in [0, 0.1) is 0 Å². The van der Waals surface area contributed by atoms with Gasteiger partial charge in [0.25, 0.3) is 5.91 Å². The molecule has 0 saturated carbocycles. The first-order valence-electron chi connectivity index (χ1n) is 8.13. The number of amides is 1. The minimum absolute atomic E-state index is 0.236. The van der Waals surface area contributed by atoms with Gasteiger partial charge in [0.1, 0.15) is 24.1 Å². The number of rotatable bonds is 3. The van der Waals surface area contributed by atoms with Crippen molar-refractivity contribution in [1.82, 2.24) is 24.8 Å². The van der Waals surface area contributed by atoms with Gasteiger partial charge >= 0.3 is 0 Å². The van der Waals surface area contributed by atoms with E-state index in [1.165, 1.54) is 6.33 Å². The van der Waals surface area contributed by atoms with Crippen LogP contribution in [0.1, 0.15) is 27.0 Å². The normalized spacial score (nSPS) is 30.5. The second kappa shape index (κ2) is 5.61. The third kappa shape index (κ3) is 2.53. The van der Waals surface area contributed by atoms with Crippen LogP contribution in [0.4, 0.5) is 5.82 Å².